The van der Waals surface area contributed by atoms with Gasteiger partial charge < -0.3 is 10.1 Å². The number of hydrogen-bond acceptors (Lipinski definition) is 5. The van der Waals surface area contributed by atoms with Crippen LogP contribution >= 0.6 is 0 Å². The van der Waals surface area contributed by atoms with Crippen molar-refractivity contribution in [2.75, 3.05) is 13.1 Å². The third-order valence-electron chi connectivity index (χ3n) is 4.71. The van der Waals surface area contributed by atoms with E-state index in [4.69, 9.17) is 4.74 Å². The number of aromatic nitrogens is 3. The van der Waals surface area contributed by atoms with Crippen molar-refractivity contribution in [1.82, 2.24) is 25.0 Å². The summed E-state index contributed by atoms with van der Waals surface area (Å²) in [5, 5.41) is 6.93. The normalized spacial score (nSPS) is 14.5. The number of alkyl carbamates (subject to hydrolysis) is 1. The van der Waals surface area contributed by atoms with Crippen LogP contribution in [-0.4, -0.2) is 45.0 Å². The third-order valence-corrected chi connectivity index (χ3v) is 4.71. The highest BCUT2D eigenvalue weighted by molar-refractivity contribution is 5.67. The van der Waals surface area contributed by atoms with Gasteiger partial charge in [-0.05, 0) is 17.2 Å². The van der Waals surface area contributed by atoms with E-state index in [1.54, 1.807) is 17.1 Å². The van der Waals surface area contributed by atoms with Crippen molar-refractivity contribution in [2.24, 2.45) is 7.05 Å². The fourth-order valence-corrected chi connectivity index (χ4v) is 3.19. The fraction of sp³-hybridized carbons (Fsp3) is 0.286. The number of amides is 1. The molecule has 3 heterocycles. The molecule has 0 saturated carbocycles. The summed E-state index contributed by atoms with van der Waals surface area (Å²) in [5.74, 6) is 0. The van der Waals surface area contributed by atoms with E-state index >= 15 is 0 Å². The Morgan fingerprint density at radius 2 is 1.96 bits per heavy atom. The molecule has 1 aliphatic rings. The molecule has 1 amide bonds. The van der Waals surface area contributed by atoms with Crippen molar-refractivity contribution < 1.29 is 9.53 Å². The predicted molar refractivity (Wildman–Crippen MR) is 105 cm³/mol. The molecule has 144 valence electrons. The molecule has 0 unspecified atom stereocenters. The number of likely N-dealkylation sites (tertiary alicyclic amines) is 1. The van der Waals surface area contributed by atoms with E-state index in [0.717, 1.165) is 36.5 Å². The van der Waals surface area contributed by atoms with Crippen molar-refractivity contribution in [2.45, 2.75) is 19.2 Å². The van der Waals surface area contributed by atoms with Crippen molar-refractivity contribution >= 4 is 6.09 Å². The largest absolute Gasteiger partial charge is 0.444 e. The highest BCUT2D eigenvalue weighted by Gasteiger charge is 2.29. The van der Waals surface area contributed by atoms with Crippen molar-refractivity contribution in [3.05, 3.63) is 72.2 Å². The molecule has 1 aromatic carbocycles. The van der Waals surface area contributed by atoms with Crippen LogP contribution in [0.4, 0.5) is 4.79 Å². The fourth-order valence-electron chi connectivity index (χ4n) is 3.19. The monoisotopic (exact) mass is 377 g/mol. The number of ether oxygens (including phenoxy) is 1. The van der Waals surface area contributed by atoms with Gasteiger partial charge in [0.2, 0.25) is 0 Å². The SMILES string of the molecule is Cn1cc(-c2ccc(CNC(=O)OC3CN(Cc4ccccc4)C3)cn2)cn1. The maximum atomic E-state index is 12.0. The van der Waals surface area contributed by atoms with Crippen LogP contribution in [0.5, 0.6) is 0 Å². The first-order valence-corrected chi connectivity index (χ1v) is 9.30. The van der Waals surface area contributed by atoms with E-state index in [2.05, 4.69) is 32.4 Å². The van der Waals surface area contributed by atoms with E-state index < -0.39 is 0 Å². The van der Waals surface area contributed by atoms with Crippen molar-refractivity contribution in [3.63, 3.8) is 0 Å². The van der Waals surface area contributed by atoms with Crippen LogP contribution in [0.15, 0.2) is 61.1 Å². The molecule has 0 atom stereocenters. The topological polar surface area (TPSA) is 72.3 Å². The Bertz CT molecular complexity index is 917. The first-order chi connectivity index (χ1) is 13.7. The van der Waals surface area contributed by atoms with Crippen LogP contribution in [0.25, 0.3) is 11.3 Å². The third kappa shape index (κ3) is 4.55. The van der Waals surface area contributed by atoms with Crippen molar-refractivity contribution in [1.29, 1.82) is 0 Å². The molecule has 0 aliphatic carbocycles. The van der Waals surface area contributed by atoms with Crippen LogP contribution in [0.2, 0.25) is 0 Å². The Hall–Kier alpha value is -3.19. The maximum Gasteiger partial charge on any atom is 0.407 e. The summed E-state index contributed by atoms with van der Waals surface area (Å²) in [6.45, 7) is 2.81. The lowest BCUT2D eigenvalue weighted by molar-refractivity contribution is -0.0173. The number of aryl methyl sites for hydroxylation is 1. The second kappa shape index (κ2) is 8.22. The highest BCUT2D eigenvalue weighted by Crippen LogP contribution is 2.17. The minimum atomic E-state index is -0.388. The number of benzene rings is 1. The molecule has 3 aromatic rings. The zero-order valence-electron chi connectivity index (χ0n) is 15.8. The zero-order valence-corrected chi connectivity index (χ0v) is 15.8. The van der Waals surface area contributed by atoms with Gasteiger partial charge in [-0.15, -0.1) is 0 Å². The number of carbonyl (C=O) groups excluding carboxylic acids is 1. The van der Waals surface area contributed by atoms with Gasteiger partial charge in [0.15, 0.2) is 0 Å². The predicted octanol–water partition coefficient (Wildman–Crippen LogP) is 2.59. The molecular formula is C21H23N5O2. The standard InChI is InChI=1S/C21H23N5O2/c1-25-13-18(11-24-25)20-8-7-17(9-22-20)10-23-21(27)28-19-14-26(15-19)12-16-5-3-2-4-6-16/h2-9,11,13,19H,10,12,14-15H2,1H3,(H,23,27). The van der Waals surface area contributed by atoms with E-state index in [0.29, 0.717) is 6.54 Å². The summed E-state index contributed by atoms with van der Waals surface area (Å²) in [7, 11) is 1.87. The number of pyridine rings is 1. The van der Waals surface area contributed by atoms with E-state index in [-0.39, 0.29) is 12.2 Å². The number of hydrogen-bond donors (Lipinski definition) is 1. The molecule has 0 spiro atoms. The van der Waals surface area contributed by atoms with Crippen LogP contribution in [-0.2, 0) is 24.9 Å². The molecule has 1 N–H and O–H groups in total. The molecule has 28 heavy (non-hydrogen) atoms. The number of nitrogens with zero attached hydrogens (tertiary/aromatic N) is 4. The van der Waals surface area contributed by atoms with Gasteiger partial charge in [0.25, 0.3) is 0 Å². The molecule has 7 heteroatoms. The van der Waals surface area contributed by atoms with E-state index in [1.165, 1.54) is 5.56 Å². The lowest BCUT2D eigenvalue weighted by Gasteiger charge is -2.38. The van der Waals surface area contributed by atoms with Gasteiger partial charge >= 0.3 is 6.09 Å². The highest BCUT2D eigenvalue weighted by atomic mass is 16.6. The summed E-state index contributed by atoms with van der Waals surface area (Å²) in [6, 6.07) is 14.2. The quantitative estimate of drug-likeness (QED) is 0.715. The number of nitrogens with one attached hydrogen (secondary N) is 1. The van der Waals surface area contributed by atoms with Gasteiger partial charge in [0, 0.05) is 51.2 Å². The number of carbonyl (C=O) groups is 1. The summed E-state index contributed by atoms with van der Waals surface area (Å²) in [6.07, 6.45) is 5.01. The molecule has 1 aliphatic heterocycles. The van der Waals surface area contributed by atoms with Crippen LogP contribution in [0, 0.1) is 0 Å². The lowest BCUT2D eigenvalue weighted by atomic mass is 10.1. The molecule has 0 bridgehead atoms. The van der Waals surface area contributed by atoms with Crippen LogP contribution in [0.1, 0.15) is 11.1 Å². The average Bonchev–Trinajstić information content (AvgIpc) is 3.12. The average molecular weight is 377 g/mol. The molecular weight excluding hydrogens is 354 g/mol. The molecule has 1 saturated heterocycles. The smallest absolute Gasteiger partial charge is 0.407 e. The Labute approximate surface area is 164 Å². The minimum absolute atomic E-state index is 0.0465. The zero-order chi connectivity index (χ0) is 19.3. The first-order valence-electron chi connectivity index (χ1n) is 9.30. The Morgan fingerprint density at radius 1 is 1.14 bits per heavy atom. The van der Waals surface area contributed by atoms with Crippen molar-refractivity contribution in [3.8, 4) is 11.3 Å². The van der Waals surface area contributed by atoms with Gasteiger partial charge in [-0.1, -0.05) is 36.4 Å². The van der Waals surface area contributed by atoms with Crippen LogP contribution < -0.4 is 5.32 Å². The molecule has 0 radical (unpaired) electrons. The molecule has 1 fully saturated rings. The van der Waals surface area contributed by atoms with Gasteiger partial charge in [0.1, 0.15) is 6.10 Å². The first kappa shape index (κ1) is 18.2. The number of rotatable bonds is 6. The molecule has 2 aromatic heterocycles. The minimum Gasteiger partial charge on any atom is -0.444 e. The summed E-state index contributed by atoms with van der Waals surface area (Å²) in [5.41, 5.74) is 4.01. The van der Waals surface area contributed by atoms with Crippen LogP contribution in [0.3, 0.4) is 0 Å². The Kier molecular flexibility index (Phi) is 5.34. The lowest BCUT2D eigenvalue weighted by Crippen LogP contribution is -2.53. The molecule has 7 nitrogen and oxygen atoms in total. The summed E-state index contributed by atoms with van der Waals surface area (Å²) in [4.78, 5) is 18.7. The second-order valence-electron chi connectivity index (χ2n) is 7.01. The van der Waals surface area contributed by atoms with Gasteiger partial charge in [0.05, 0.1) is 11.9 Å². The van der Waals surface area contributed by atoms with E-state index in [9.17, 15) is 4.79 Å². The van der Waals surface area contributed by atoms with E-state index in [1.807, 2.05) is 43.6 Å². The van der Waals surface area contributed by atoms with Gasteiger partial charge in [-0.3, -0.25) is 14.6 Å². The maximum absolute atomic E-state index is 12.0. The Balaban J connectivity index is 1.18. The second-order valence-corrected chi connectivity index (χ2v) is 7.01. The summed E-state index contributed by atoms with van der Waals surface area (Å²) >= 11 is 0. The van der Waals surface area contributed by atoms with Gasteiger partial charge in [-0.25, -0.2) is 4.79 Å². The van der Waals surface area contributed by atoms with Gasteiger partial charge in [-0.2, -0.15) is 5.10 Å². The Morgan fingerprint density at radius 3 is 2.64 bits per heavy atom. The summed E-state index contributed by atoms with van der Waals surface area (Å²) < 4.78 is 7.19. The molecule has 4 rings (SSSR count).